The highest BCUT2D eigenvalue weighted by atomic mass is 16.5. The maximum atomic E-state index is 12.7. The second-order valence-electron chi connectivity index (χ2n) is 7.44. The van der Waals surface area contributed by atoms with Gasteiger partial charge in [0.15, 0.2) is 0 Å². The number of ether oxygens (including phenoxy) is 1. The molecule has 1 aromatic heterocycles. The fourth-order valence-electron chi connectivity index (χ4n) is 3.86. The topological polar surface area (TPSA) is 68.2 Å². The number of carbonyl (C=O) groups excluding carboxylic acids is 1. The average Bonchev–Trinajstić information content (AvgIpc) is 3.23. The number of methoxy groups -OCH3 is 1. The number of aromatic nitrogens is 2. The second kappa shape index (κ2) is 7.99. The van der Waals surface area contributed by atoms with Crippen LogP contribution in [0, 0.1) is 0 Å². The molecule has 0 unspecified atom stereocenters. The van der Waals surface area contributed by atoms with Gasteiger partial charge in [-0.25, -0.2) is 0 Å². The number of fused-ring (bicyclic) bond motifs is 1. The second-order valence-corrected chi connectivity index (χ2v) is 7.44. The van der Waals surface area contributed by atoms with Gasteiger partial charge in [-0.05, 0) is 29.8 Å². The predicted octanol–water partition coefficient (Wildman–Crippen LogP) is 4.46. The van der Waals surface area contributed by atoms with Gasteiger partial charge < -0.3 is 15.4 Å². The van der Waals surface area contributed by atoms with Gasteiger partial charge in [-0.2, -0.15) is 5.10 Å². The average molecular weight is 410 g/mol. The normalized spacial score (nSPS) is 15.0. The molecule has 2 N–H and O–H groups in total. The molecule has 1 aliphatic rings. The van der Waals surface area contributed by atoms with E-state index in [4.69, 9.17) is 9.84 Å². The zero-order chi connectivity index (χ0) is 21.2. The molecule has 0 saturated heterocycles. The Labute approximate surface area is 180 Å². The molecule has 6 heteroatoms. The van der Waals surface area contributed by atoms with Gasteiger partial charge >= 0.3 is 0 Å². The van der Waals surface area contributed by atoms with E-state index in [1.807, 2.05) is 77.6 Å². The number of nitrogens with one attached hydrogen (secondary N) is 2. The first-order chi connectivity index (χ1) is 15.2. The van der Waals surface area contributed by atoms with Crippen LogP contribution in [0.2, 0.25) is 0 Å². The number of hydrogen-bond donors (Lipinski definition) is 2. The van der Waals surface area contributed by atoms with E-state index in [0.717, 1.165) is 33.8 Å². The van der Waals surface area contributed by atoms with Crippen LogP contribution in [0.4, 0.5) is 5.69 Å². The molecule has 1 atom stereocenters. The lowest BCUT2D eigenvalue weighted by Gasteiger charge is -2.27. The Balaban J connectivity index is 1.57. The Bertz CT molecular complexity index is 1230. The first kappa shape index (κ1) is 18.9. The van der Waals surface area contributed by atoms with Crippen molar-refractivity contribution >= 4 is 11.6 Å². The summed E-state index contributed by atoms with van der Waals surface area (Å²) >= 11 is 0. The molecule has 0 bridgehead atoms. The van der Waals surface area contributed by atoms with Gasteiger partial charge in [0.2, 0.25) is 0 Å². The highest BCUT2D eigenvalue weighted by molar-refractivity contribution is 6.01. The molecule has 5 rings (SSSR count). The Kier molecular flexibility index (Phi) is 4.88. The Morgan fingerprint density at radius 2 is 1.77 bits per heavy atom. The maximum Gasteiger partial charge on any atom is 0.255 e. The van der Waals surface area contributed by atoms with E-state index in [9.17, 15) is 4.79 Å². The molecule has 31 heavy (non-hydrogen) atoms. The van der Waals surface area contributed by atoms with E-state index in [-0.39, 0.29) is 5.91 Å². The minimum absolute atomic E-state index is 0.105. The molecular formula is C25H22N4O2. The Morgan fingerprint density at radius 1 is 0.968 bits per heavy atom. The zero-order valence-electron chi connectivity index (χ0n) is 17.1. The number of carbonyl (C=O) groups is 1. The third-order valence-electron chi connectivity index (χ3n) is 5.38. The van der Waals surface area contributed by atoms with Crippen molar-refractivity contribution < 1.29 is 9.53 Å². The minimum Gasteiger partial charge on any atom is -0.497 e. The van der Waals surface area contributed by atoms with Crippen molar-refractivity contribution in [3.8, 4) is 17.0 Å². The van der Waals surface area contributed by atoms with Gasteiger partial charge in [-0.3, -0.25) is 9.48 Å². The molecule has 2 heterocycles. The quantitative estimate of drug-likeness (QED) is 0.510. The number of para-hydroxylation sites is 1. The van der Waals surface area contributed by atoms with Crippen molar-refractivity contribution in [3.63, 3.8) is 0 Å². The maximum absolute atomic E-state index is 12.7. The smallest absolute Gasteiger partial charge is 0.255 e. The van der Waals surface area contributed by atoms with Crippen molar-refractivity contribution in [2.45, 2.75) is 12.7 Å². The van der Waals surface area contributed by atoms with Gasteiger partial charge in [0.05, 0.1) is 24.9 Å². The minimum atomic E-state index is -0.395. The van der Waals surface area contributed by atoms with Crippen LogP contribution < -0.4 is 15.4 Å². The highest BCUT2D eigenvalue weighted by Gasteiger charge is 2.28. The number of anilines is 1. The van der Waals surface area contributed by atoms with Crippen molar-refractivity contribution in [2.75, 3.05) is 12.4 Å². The van der Waals surface area contributed by atoms with Crippen molar-refractivity contribution in [3.05, 3.63) is 102 Å². The van der Waals surface area contributed by atoms with Crippen LogP contribution in [0.3, 0.4) is 0 Å². The Morgan fingerprint density at radius 3 is 2.61 bits per heavy atom. The molecular weight excluding hydrogens is 388 g/mol. The van der Waals surface area contributed by atoms with E-state index in [2.05, 4.69) is 22.8 Å². The summed E-state index contributed by atoms with van der Waals surface area (Å²) in [7, 11) is 1.65. The molecule has 154 valence electrons. The molecule has 6 nitrogen and oxygen atoms in total. The lowest BCUT2D eigenvalue weighted by Crippen LogP contribution is -2.38. The Hall–Kier alpha value is -4.06. The lowest BCUT2D eigenvalue weighted by molar-refractivity contribution is 0.0936. The largest absolute Gasteiger partial charge is 0.497 e. The van der Waals surface area contributed by atoms with Crippen LogP contribution in [0.1, 0.15) is 27.7 Å². The fraction of sp³-hybridized carbons (Fsp3) is 0.120. The van der Waals surface area contributed by atoms with E-state index in [1.54, 1.807) is 7.11 Å². The van der Waals surface area contributed by atoms with Crippen LogP contribution in [0.15, 0.2) is 85.1 Å². The van der Waals surface area contributed by atoms with Gasteiger partial charge in [0.25, 0.3) is 5.91 Å². The molecule has 0 radical (unpaired) electrons. The monoisotopic (exact) mass is 410 g/mol. The first-order valence-electron chi connectivity index (χ1n) is 10.1. The van der Waals surface area contributed by atoms with E-state index < -0.39 is 6.17 Å². The molecule has 3 aromatic carbocycles. The summed E-state index contributed by atoms with van der Waals surface area (Å²) in [6, 6.07) is 25.5. The molecule has 1 aliphatic heterocycles. The van der Waals surface area contributed by atoms with Gasteiger partial charge in [-0.15, -0.1) is 0 Å². The van der Waals surface area contributed by atoms with Crippen LogP contribution >= 0.6 is 0 Å². The summed E-state index contributed by atoms with van der Waals surface area (Å²) in [5.41, 5.74) is 5.22. The molecule has 4 aromatic rings. The fourth-order valence-corrected chi connectivity index (χ4v) is 3.86. The van der Waals surface area contributed by atoms with Crippen molar-refractivity contribution in [2.24, 2.45) is 0 Å². The molecule has 0 fully saturated rings. The summed E-state index contributed by atoms with van der Waals surface area (Å²) in [4.78, 5) is 12.7. The summed E-state index contributed by atoms with van der Waals surface area (Å²) in [6.07, 6.45) is 1.60. The van der Waals surface area contributed by atoms with Crippen molar-refractivity contribution in [1.82, 2.24) is 15.1 Å². The molecule has 0 aliphatic carbocycles. The van der Waals surface area contributed by atoms with E-state index >= 15 is 0 Å². The SMILES string of the molecule is COc1cccc(-c2nn(Cc3ccccc3)cc2[C@H]2NC(=O)c3ccccc3N2)c1. The van der Waals surface area contributed by atoms with Crippen LogP contribution in [-0.4, -0.2) is 22.8 Å². The first-order valence-corrected chi connectivity index (χ1v) is 10.1. The number of nitrogens with zero attached hydrogens (tertiary/aromatic N) is 2. The third kappa shape index (κ3) is 3.75. The van der Waals surface area contributed by atoms with Gasteiger partial charge in [0.1, 0.15) is 11.9 Å². The third-order valence-corrected chi connectivity index (χ3v) is 5.38. The summed E-state index contributed by atoms with van der Waals surface area (Å²) < 4.78 is 7.32. The van der Waals surface area contributed by atoms with E-state index in [1.165, 1.54) is 0 Å². The van der Waals surface area contributed by atoms with Crippen LogP contribution in [0.25, 0.3) is 11.3 Å². The highest BCUT2D eigenvalue weighted by Crippen LogP contribution is 2.33. The van der Waals surface area contributed by atoms with Crippen LogP contribution in [0.5, 0.6) is 5.75 Å². The van der Waals surface area contributed by atoms with Crippen LogP contribution in [-0.2, 0) is 6.54 Å². The van der Waals surface area contributed by atoms with Gasteiger partial charge in [-0.1, -0.05) is 54.6 Å². The zero-order valence-corrected chi connectivity index (χ0v) is 17.1. The molecule has 0 saturated carbocycles. The molecule has 1 amide bonds. The van der Waals surface area contributed by atoms with Gasteiger partial charge in [0, 0.05) is 23.0 Å². The molecule has 0 spiro atoms. The van der Waals surface area contributed by atoms with Crippen molar-refractivity contribution in [1.29, 1.82) is 0 Å². The standard InChI is InChI=1S/C25H22N4O2/c1-31-19-11-7-10-18(14-19)23-21(16-29(28-23)15-17-8-3-2-4-9-17)24-26-22-13-6-5-12-20(22)25(30)27-24/h2-14,16,24,26H,15H2,1H3,(H,27,30)/t24-/m1/s1. The number of amides is 1. The number of benzene rings is 3. The summed E-state index contributed by atoms with van der Waals surface area (Å²) in [5.74, 6) is 0.652. The van der Waals surface area contributed by atoms with E-state index in [0.29, 0.717) is 12.1 Å². The lowest BCUT2D eigenvalue weighted by atomic mass is 10.0. The number of hydrogen-bond acceptors (Lipinski definition) is 4. The summed E-state index contributed by atoms with van der Waals surface area (Å²) in [6.45, 7) is 0.634. The number of rotatable bonds is 5. The predicted molar refractivity (Wildman–Crippen MR) is 120 cm³/mol. The summed E-state index contributed by atoms with van der Waals surface area (Å²) in [5, 5.41) is 11.4.